The largest absolute Gasteiger partial charge is 0.337 e. The Bertz CT molecular complexity index is 963. The van der Waals surface area contributed by atoms with Crippen LogP contribution in [-0.2, 0) is 17.8 Å². The van der Waals surface area contributed by atoms with E-state index in [1.54, 1.807) is 16.0 Å². The number of hydrogen-bond donors (Lipinski definition) is 0. The topological polar surface area (TPSA) is 63.9 Å². The summed E-state index contributed by atoms with van der Waals surface area (Å²) in [4.78, 5) is 16.3. The number of carbonyl (C=O) groups is 1. The lowest BCUT2D eigenvalue weighted by Gasteiger charge is -2.29. The molecule has 0 bridgehead atoms. The molecule has 1 atom stereocenters. The third-order valence-corrected chi connectivity index (χ3v) is 7.04. The monoisotopic (exact) mass is 413 g/mol. The first-order valence-electron chi connectivity index (χ1n) is 9.42. The van der Waals surface area contributed by atoms with E-state index in [0.29, 0.717) is 17.6 Å². The molecule has 1 amide bonds. The van der Waals surface area contributed by atoms with E-state index in [1.807, 2.05) is 24.0 Å². The van der Waals surface area contributed by atoms with Crippen molar-refractivity contribution in [3.8, 4) is 5.69 Å². The number of fused-ring (bicyclic) bond motifs is 1. The number of thiophene rings is 1. The summed E-state index contributed by atoms with van der Waals surface area (Å²) in [7, 11) is 0. The van der Waals surface area contributed by atoms with Gasteiger partial charge in [-0.3, -0.25) is 4.79 Å². The summed E-state index contributed by atoms with van der Waals surface area (Å²) < 4.78 is 1.70. The molecule has 0 radical (unpaired) electrons. The van der Waals surface area contributed by atoms with E-state index in [0.717, 1.165) is 18.7 Å². The zero-order chi connectivity index (χ0) is 19.7. The molecule has 0 saturated heterocycles. The second-order valence-corrected chi connectivity index (χ2v) is 9.57. The van der Waals surface area contributed by atoms with Crippen LogP contribution in [-0.4, -0.2) is 42.8 Å². The van der Waals surface area contributed by atoms with E-state index < -0.39 is 0 Å². The lowest BCUT2D eigenvalue weighted by molar-refractivity contribution is -0.131. The van der Waals surface area contributed by atoms with Gasteiger partial charge in [0.05, 0.1) is 10.9 Å². The van der Waals surface area contributed by atoms with E-state index in [1.165, 1.54) is 27.8 Å². The van der Waals surface area contributed by atoms with Crippen molar-refractivity contribution in [3.63, 3.8) is 0 Å². The zero-order valence-electron chi connectivity index (χ0n) is 16.2. The van der Waals surface area contributed by atoms with Crippen LogP contribution in [0.3, 0.4) is 0 Å². The molecule has 8 heteroatoms. The van der Waals surface area contributed by atoms with Crippen molar-refractivity contribution in [2.45, 2.75) is 50.1 Å². The molecule has 3 heterocycles. The Balaban J connectivity index is 1.46. The molecule has 1 aliphatic rings. The van der Waals surface area contributed by atoms with Crippen LogP contribution < -0.4 is 0 Å². The van der Waals surface area contributed by atoms with Gasteiger partial charge in [0.15, 0.2) is 0 Å². The Hall–Kier alpha value is -2.19. The number of tetrazole rings is 1. The fourth-order valence-electron chi connectivity index (χ4n) is 3.32. The van der Waals surface area contributed by atoms with Gasteiger partial charge in [0, 0.05) is 18.0 Å². The zero-order valence-corrected chi connectivity index (χ0v) is 17.8. The van der Waals surface area contributed by atoms with Gasteiger partial charge in [0.1, 0.15) is 0 Å². The Kier molecular flexibility index (Phi) is 5.50. The molecule has 0 fully saturated rings. The van der Waals surface area contributed by atoms with Gasteiger partial charge in [-0.05, 0) is 64.4 Å². The Morgan fingerprint density at radius 2 is 1.96 bits per heavy atom. The molecular formula is C20H23N5OS2. The standard InChI is InChI=1S/C20H23N5OS2/c1-13(2)15-4-6-17(7-5-15)25-20(21-22-23-25)28-14(3)19(26)24-10-8-18-16(12-24)9-11-27-18/h4-7,9,11,13-14H,8,10,12H2,1-3H3. The molecule has 0 aliphatic carbocycles. The van der Waals surface area contributed by atoms with Crippen molar-refractivity contribution < 1.29 is 4.79 Å². The Morgan fingerprint density at radius 3 is 2.71 bits per heavy atom. The predicted octanol–water partition coefficient (Wildman–Crippen LogP) is 3.91. The van der Waals surface area contributed by atoms with E-state index in [9.17, 15) is 4.79 Å². The average molecular weight is 414 g/mol. The highest BCUT2D eigenvalue weighted by atomic mass is 32.2. The maximum absolute atomic E-state index is 13.0. The average Bonchev–Trinajstić information content (AvgIpc) is 3.36. The number of thioether (sulfide) groups is 1. The molecule has 2 aromatic heterocycles. The number of carbonyl (C=O) groups excluding carboxylic acids is 1. The molecule has 0 spiro atoms. The fraction of sp³-hybridized carbons (Fsp3) is 0.400. The predicted molar refractivity (Wildman–Crippen MR) is 112 cm³/mol. The lowest BCUT2D eigenvalue weighted by Crippen LogP contribution is -2.39. The number of nitrogens with zero attached hydrogens (tertiary/aromatic N) is 5. The summed E-state index contributed by atoms with van der Waals surface area (Å²) in [5, 5.41) is 14.6. The molecule has 0 N–H and O–H groups in total. The van der Waals surface area contributed by atoms with Crippen LogP contribution in [0.15, 0.2) is 40.9 Å². The maximum Gasteiger partial charge on any atom is 0.236 e. The van der Waals surface area contributed by atoms with Crippen LogP contribution in [0.5, 0.6) is 0 Å². The molecule has 1 aromatic carbocycles. The summed E-state index contributed by atoms with van der Waals surface area (Å²) in [5.74, 6) is 0.606. The highest BCUT2D eigenvalue weighted by Crippen LogP contribution is 2.28. The van der Waals surface area contributed by atoms with Crippen molar-refractivity contribution in [1.29, 1.82) is 0 Å². The first-order chi connectivity index (χ1) is 13.5. The maximum atomic E-state index is 13.0. The van der Waals surface area contributed by atoms with Crippen LogP contribution in [0.2, 0.25) is 0 Å². The van der Waals surface area contributed by atoms with E-state index in [-0.39, 0.29) is 11.2 Å². The first kappa shape index (κ1) is 19.1. The third kappa shape index (κ3) is 3.84. The van der Waals surface area contributed by atoms with Gasteiger partial charge in [-0.1, -0.05) is 37.7 Å². The minimum atomic E-state index is -0.250. The van der Waals surface area contributed by atoms with Crippen molar-refractivity contribution in [2.24, 2.45) is 0 Å². The summed E-state index contributed by atoms with van der Waals surface area (Å²) in [6.07, 6.45) is 0.941. The summed E-state index contributed by atoms with van der Waals surface area (Å²) in [6.45, 7) is 7.74. The van der Waals surface area contributed by atoms with E-state index >= 15 is 0 Å². The minimum absolute atomic E-state index is 0.131. The molecule has 0 saturated carbocycles. The van der Waals surface area contributed by atoms with Gasteiger partial charge in [0.25, 0.3) is 0 Å². The van der Waals surface area contributed by atoms with Crippen LogP contribution in [0.25, 0.3) is 5.69 Å². The number of rotatable bonds is 5. The van der Waals surface area contributed by atoms with Crippen LogP contribution in [0, 0.1) is 0 Å². The summed E-state index contributed by atoms with van der Waals surface area (Å²) in [5.41, 5.74) is 3.45. The number of benzene rings is 1. The van der Waals surface area contributed by atoms with Crippen molar-refractivity contribution >= 4 is 29.0 Å². The SMILES string of the molecule is CC(Sc1nnnn1-c1ccc(C(C)C)cc1)C(=O)N1CCc2sccc2C1. The molecule has 1 unspecified atom stereocenters. The van der Waals surface area contributed by atoms with E-state index in [4.69, 9.17) is 0 Å². The van der Waals surface area contributed by atoms with Gasteiger partial charge in [0.2, 0.25) is 11.1 Å². The molecular weight excluding hydrogens is 390 g/mol. The Labute approximate surface area is 172 Å². The molecule has 146 valence electrons. The second-order valence-electron chi connectivity index (χ2n) is 7.26. The molecule has 4 rings (SSSR count). The van der Waals surface area contributed by atoms with Crippen molar-refractivity contribution in [1.82, 2.24) is 25.1 Å². The molecule has 6 nitrogen and oxygen atoms in total. The summed E-state index contributed by atoms with van der Waals surface area (Å²) >= 11 is 3.19. The van der Waals surface area contributed by atoms with Gasteiger partial charge < -0.3 is 4.90 Å². The van der Waals surface area contributed by atoms with Crippen LogP contribution in [0.1, 0.15) is 42.7 Å². The number of hydrogen-bond acceptors (Lipinski definition) is 6. The normalized spacial score (nSPS) is 14.9. The van der Waals surface area contributed by atoms with Gasteiger partial charge in [-0.2, -0.15) is 4.68 Å². The first-order valence-corrected chi connectivity index (χ1v) is 11.2. The van der Waals surface area contributed by atoms with Gasteiger partial charge in [-0.25, -0.2) is 0 Å². The highest BCUT2D eigenvalue weighted by molar-refractivity contribution is 8.00. The lowest BCUT2D eigenvalue weighted by atomic mass is 10.0. The fourth-order valence-corrected chi connectivity index (χ4v) is 5.10. The van der Waals surface area contributed by atoms with Crippen molar-refractivity contribution in [3.05, 3.63) is 51.7 Å². The quantitative estimate of drug-likeness (QED) is 0.594. The number of amides is 1. The van der Waals surface area contributed by atoms with Crippen LogP contribution in [0.4, 0.5) is 0 Å². The highest BCUT2D eigenvalue weighted by Gasteiger charge is 2.27. The molecule has 1 aliphatic heterocycles. The van der Waals surface area contributed by atoms with Crippen molar-refractivity contribution in [2.75, 3.05) is 6.54 Å². The molecule has 28 heavy (non-hydrogen) atoms. The third-order valence-electron chi connectivity index (χ3n) is 4.99. The van der Waals surface area contributed by atoms with Crippen LogP contribution >= 0.6 is 23.1 Å². The minimum Gasteiger partial charge on any atom is -0.337 e. The molecule has 3 aromatic rings. The Morgan fingerprint density at radius 1 is 1.18 bits per heavy atom. The number of aromatic nitrogens is 4. The second kappa shape index (κ2) is 8.05. The van der Waals surface area contributed by atoms with Gasteiger partial charge >= 0.3 is 0 Å². The smallest absolute Gasteiger partial charge is 0.236 e. The van der Waals surface area contributed by atoms with Gasteiger partial charge in [-0.15, -0.1) is 16.4 Å². The summed E-state index contributed by atoms with van der Waals surface area (Å²) in [6, 6.07) is 10.3. The van der Waals surface area contributed by atoms with E-state index in [2.05, 4.69) is 53.0 Å².